The molecular weight excluding hydrogens is 320 g/mol. The summed E-state index contributed by atoms with van der Waals surface area (Å²) in [6.07, 6.45) is 2.21. The molecule has 26 heavy (non-hydrogen) atoms. The van der Waals surface area contributed by atoms with E-state index in [1.807, 2.05) is 0 Å². The van der Waals surface area contributed by atoms with Crippen LogP contribution in [0.1, 0.15) is 63.4 Å². The van der Waals surface area contributed by atoms with Crippen LogP contribution in [0.25, 0.3) is 22.3 Å². The molecule has 0 amide bonds. The van der Waals surface area contributed by atoms with Gasteiger partial charge in [-0.25, -0.2) is 9.97 Å². The number of anilines is 1. The van der Waals surface area contributed by atoms with Gasteiger partial charge in [0.1, 0.15) is 5.82 Å². The fraction of sp³-hybridized carbons (Fsp3) is 0.455. The van der Waals surface area contributed by atoms with Gasteiger partial charge in [-0.15, -0.1) is 0 Å². The first-order valence-corrected chi connectivity index (χ1v) is 9.57. The summed E-state index contributed by atoms with van der Waals surface area (Å²) in [5.74, 6) is 1.33. The lowest BCUT2D eigenvalue weighted by Gasteiger charge is -2.15. The SMILES string of the molecule is CCNc1nc(C(C)C)ccc1-c1nc2c(C)cn(C(C)C)c2cc1C. The molecule has 1 N–H and O–H groups in total. The van der Waals surface area contributed by atoms with Crippen LogP contribution in [-0.2, 0) is 0 Å². The van der Waals surface area contributed by atoms with E-state index >= 15 is 0 Å². The monoisotopic (exact) mass is 350 g/mol. The van der Waals surface area contributed by atoms with Gasteiger partial charge >= 0.3 is 0 Å². The summed E-state index contributed by atoms with van der Waals surface area (Å²) >= 11 is 0. The maximum atomic E-state index is 5.06. The van der Waals surface area contributed by atoms with Crippen molar-refractivity contribution in [1.29, 1.82) is 0 Å². The molecule has 4 nitrogen and oxygen atoms in total. The fourth-order valence-corrected chi connectivity index (χ4v) is 3.41. The van der Waals surface area contributed by atoms with E-state index in [2.05, 4.69) is 82.7 Å². The van der Waals surface area contributed by atoms with Gasteiger partial charge < -0.3 is 9.88 Å². The van der Waals surface area contributed by atoms with E-state index in [0.29, 0.717) is 12.0 Å². The zero-order valence-electron chi connectivity index (χ0n) is 17.0. The second-order valence-electron chi connectivity index (χ2n) is 7.65. The highest BCUT2D eigenvalue weighted by Crippen LogP contribution is 2.33. The molecule has 0 aromatic carbocycles. The maximum Gasteiger partial charge on any atom is 0.135 e. The van der Waals surface area contributed by atoms with Gasteiger partial charge in [-0.05, 0) is 69.9 Å². The predicted molar refractivity (Wildman–Crippen MR) is 111 cm³/mol. The quantitative estimate of drug-likeness (QED) is 0.627. The molecule has 0 saturated carbocycles. The molecule has 0 aliphatic rings. The number of hydrogen-bond donors (Lipinski definition) is 1. The number of nitrogens with one attached hydrogen (secondary N) is 1. The minimum absolute atomic E-state index is 0.403. The van der Waals surface area contributed by atoms with Crippen molar-refractivity contribution in [3.05, 3.63) is 41.2 Å². The Kier molecular flexibility index (Phi) is 5.03. The Labute approximate surface area is 156 Å². The molecule has 0 atom stereocenters. The standard InChI is InChI=1S/C22H30N4/c1-8-23-22-17(9-10-18(24-22)13(2)3)20-15(6)11-19-21(25-20)16(7)12-26(19)14(4)5/h9-14H,8H2,1-7H3,(H,23,24). The first-order chi connectivity index (χ1) is 12.3. The van der Waals surface area contributed by atoms with Crippen LogP contribution in [0.15, 0.2) is 24.4 Å². The lowest BCUT2D eigenvalue weighted by atomic mass is 10.0. The molecule has 0 spiro atoms. The topological polar surface area (TPSA) is 42.7 Å². The molecule has 3 aromatic heterocycles. The minimum Gasteiger partial charge on any atom is -0.370 e. The third-order valence-corrected chi connectivity index (χ3v) is 4.84. The van der Waals surface area contributed by atoms with E-state index in [-0.39, 0.29) is 0 Å². The molecule has 3 aromatic rings. The number of aryl methyl sites for hydroxylation is 2. The van der Waals surface area contributed by atoms with Crippen LogP contribution in [0.2, 0.25) is 0 Å². The average Bonchev–Trinajstić information content (AvgIpc) is 2.90. The van der Waals surface area contributed by atoms with Gasteiger partial charge in [0.25, 0.3) is 0 Å². The highest BCUT2D eigenvalue weighted by Gasteiger charge is 2.17. The Bertz CT molecular complexity index is 935. The highest BCUT2D eigenvalue weighted by molar-refractivity contribution is 5.86. The Morgan fingerprint density at radius 2 is 1.77 bits per heavy atom. The van der Waals surface area contributed by atoms with Crippen molar-refractivity contribution in [3.63, 3.8) is 0 Å². The number of aromatic nitrogens is 3. The normalized spacial score (nSPS) is 11.7. The molecule has 0 bridgehead atoms. The Morgan fingerprint density at radius 3 is 2.38 bits per heavy atom. The third-order valence-electron chi connectivity index (χ3n) is 4.84. The Hall–Kier alpha value is -2.36. The van der Waals surface area contributed by atoms with E-state index < -0.39 is 0 Å². The molecule has 0 saturated heterocycles. The minimum atomic E-state index is 0.403. The lowest BCUT2D eigenvalue weighted by molar-refractivity contribution is 0.621. The van der Waals surface area contributed by atoms with Crippen molar-refractivity contribution in [2.45, 2.75) is 60.4 Å². The fourth-order valence-electron chi connectivity index (χ4n) is 3.41. The molecule has 0 aliphatic heterocycles. The van der Waals surface area contributed by atoms with Gasteiger partial charge in [0.15, 0.2) is 0 Å². The van der Waals surface area contributed by atoms with E-state index in [0.717, 1.165) is 34.8 Å². The largest absolute Gasteiger partial charge is 0.370 e. The summed E-state index contributed by atoms with van der Waals surface area (Å²) in [7, 11) is 0. The van der Waals surface area contributed by atoms with Gasteiger partial charge in [0.05, 0.1) is 16.7 Å². The van der Waals surface area contributed by atoms with E-state index in [4.69, 9.17) is 9.97 Å². The van der Waals surface area contributed by atoms with Crippen molar-refractivity contribution in [1.82, 2.24) is 14.5 Å². The summed E-state index contributed by atoms with van der Waals surface area (Å²) in [6.45, 7) is 16.0. The van der Waals surface area contributed by atoms with Gasteiger partial charge in [0.2, 0.25) is 0 Å². The van der Waals surface area contributed by atoms with Crippen molar-refractivity contribution >= 4 is 16.9 Å². The number of pyridine rings is 2. The number of nitrogens with zero attached hydrogens (tertiary/aromatic N) is 3. The van der Waals surface area contributed by atoms with Gasteiger partial charge in [-0.3, -0.25) is 0 Å². The summed E-state index contributed by atoms with van der Waals surface area (Å²) < 4.78 is 2.31. The predicted octanol–water partition coefficient (Wildman–Crippen LogP) is 5.85. The third kappa shape index (κ3) is 3.20. The second kappa shape index (κ2) is 7.10. The first-order valence-electron chi connectivity index (χ1n) is 9.57. The van der Waals surface area contributed by atoms with Gasteiger partial charge in [-0.1, -0.05) is 13.8 Å². The van der Waals surface area contributed by atoms with Crippen molar-refractivity contribution < 1.29 is 0 Å². The number of rotatable bonds is 5. The van der Waals surface area contributed by atoms with Crippen molar-refractivity contribution in [2.24, 2.45) is 0 Å². The summed E-state index contributed by atoms with van der Waals surface area (Å²) in [5, 5.41) is 3.43. The molecule has 4 heteroatoms. The molecule has 138 valence electrons. The molecule has 0 unspecified atom stereocenters. The summed E-state index contributed by atoms with van der Waals surface area (Å²) in [5.41, 5.74) is 7.87. The first kappa shape index (κ1) is 18.4. The molecule has 3 rings (SSSR count). The molecule has 0 aliphatic carbocycles. The highest BCUT2D eigenvalue weighted by atomic mass is 15.0. The maximum absolute atomic E-state index is 5.06. The van der Waals surface area contributed by atoms with Crippen molar-refractivity contribution in [3.8, 4) is 11.3 Å². The number of hydrogen-bond acceptors (Lipinski definition) is 3. The van der Waals surface area contributed by atoms with E-state index in [1.54, 1.807) is 0 Å². The van der Waals surface area contributed by atoms with Gasteiger partial charge in [-0.2, -0.15) is 0 Å². The smallest absolute Gasteiger partial charge is 0.135 e. The van der Waals surface area contributed by atoms with Crippen LogP contribution in [0.5, 0.6) is 0 Å². The average molecular weight is 351 g/mol. The molecule has 0 radical (unpaired) electrons. The Balaban J connectivity index is 2.22. The molecular formula is C22H30N4. The van der Waals surface area contributed by atoms with Crippen LogP contribution in [0.4, 0.5) is 5.82 Å². The van der Waals surface area contributed by atoms with Crippen LogP contribution in [-0.4, -0.2) is 21.1 Å². The van der Waals surface area contributed by atoms with E-state index in [9.17, 15) is 0 Å². The number of fused-ring (bicyclic) bond motifs is 1. The Morgan fingerprint density at radius 1 is 1.04 bits per heavy atom. The van der Waals surface area contributed by atoms with Crippen LogP contribution in [0, 0.1) is 13.8 Å². The van der Waals surface area contributed by atoms with E-state index in [1.165, 1.54) is 16.6 Å². The van der Waals surface area contributed by atoms with Crippen LogP contribution in [0.3, 0.4) is 0 Å². The second-order valence-corrected chi connectivity index (χ2v) is 7.65. The van der Waals surface area contributed by atoms with Crippen molar-refractivity contribution in [2.75, 3.05) is 11.9 Å². The van der Waals surface area contributed by atoms with Crippen LogP contribution >= 0.6 is 0 Å². The lowest BCUT2D eigenvalue weighted by Crippen LogP contribution is -2.06. The summed E-state index contributed by atoms with van der Waals surface area (Å²) in [6, 6.07) is 6.97. The summed E-state index contributed by atoms with van der Waals surface area (Å²) in [4.78, 5) is 9.92. The molecule has 0 fully saturated rings. The zero-order valence-corrected chi connectivity index (χ0v) is 17.0. The molecule has 3 heterocycles. The zero-order chi connectivity index (χ0) is 19.0. The van der Waals surface area contributed by atoms with Gasteiger partial charge in [0, 0.05) is 30.0 Å². The van der Waals surface area contributed by atoms with Crippen LogP contribution < -0.4 is 5.32 Å².